The maximum atomic E-state index is 12.2. The summed E-state index contributed by atoms with van der Waals surface area (Å²) >= 11 is 0. The van der Waals surface area contributed by atoms with Gasteiger partial charge in [0, 0.05) is 0 Å². The number of carbonyl (C=O) groups excluding carboxylic acids is 3. The number of aldehydes is 1. The monoisotopic (exact) mass is 334 g/mol. The average molecular weight is 334 g/mol. The van der Waals surface area contributed by atoms with Crippen LogP contribution in [0.2, 0.25) is 0 Å². The molecule has 0 fully saturated rings. The van der Waals surface area contributed by atoms with Crippen LogP contribution < -0.4 is 5.43 Å². The number of amides is 2. The van der Waals surface area contributed by atoms with Gasteiger partial charge in [-0.2, -0.15) is 0 Å². The molecule has 0 aliphatic rings. The molecule has 7 heteroatoms. The first-order valence-electron chi connectivity index (χ1n) is 7.67. The predicted octanol–water partition coefficient (Wildman–Crippen LogP) is 2.47. The third kappa shape index (κ3) is 6.51. The van der Waals surface area contributed by atoms with Gasteiger partial charge in [0.25, 0.3) is 0 Å². The lowest BCUT2D eigenvalue weighted by Crippen LogP contribution is -2.52. The average Bonchev–Trinajstić information content (AvgIpc) is 2.58. The van der Waals surface area contributed by atoms with Crippen LogP contribution in [-0.4, -0.2) is 42.7 Å². The van der Waals surface area contributed by atoms with E-state index in [1.54, 1.807) is 13.8 Å². The summed E-state index contributed by atoms with van der Waals surface area (Å²) in [5, 5.41) is 1.02. The molecule has 24 heavy (non-hydrogen) atoms. The van der Waals surface area contributed by atoms with Crippen molar-refractivity contribution in [3.05, 3.63) is 48.0 Å². The fourth-order valence-electron chi connectivity index (χ4n) is 1.99. The molecule has 1 rings (SSSR count). The van der Waals surface area contributed by atoms with Gasteiger partial charge in [-0.15, -0.1) is 0 Å². The molecule has 0 heterocycles. The van der Waals surface area contributed by atoms with Gasteiger partial charge < -0.3 is 9.47 Å². The Morgan fingerprint density at radius 3 is 2.42 bits per heavy atom. The van der Waals surface area contributed by atoms with Crippen LogP contribution in [-0.2, 0) is 20.7 Å². The zero-order valence-electron chi connectivity index (χ0n) is 13.8. The van der Waals surface area contributed by atoms with Gasteiger partial charge in [0.15, 0.2) is 0 Å². The highest BCUT2D eigenvalue weighted by atomic mass is 16.6. The van der Waals surface area contributed by atoms with Crippen molar-refractivity contribution in [2.45, 2.75) is 26.3 Å². The molecule has 0 unspecified atom stereocenters. The molecule has 130 valence electrons. The zero-order chi connectivity index (χ0) is 17.8. The summed E-state index contributed by atoms with van der Waals surface area (Å²) in [6, 6.07) is 8.76. The first kappa shape index (κ1) is 19.2. The maximum absolute atomic E-state index is 12.2. The Bertz CT molecular complexity index is 559. The second-order valence-electron chi connectivity index (χ2n) is 4.68. The summed E-state index contributed by atoms with van der Waals surface area (Å²) < 4.78 is 9.79. The van der Waals surface area contributed by atoms with Gasteiger partial charge in [0.2, 0.25) is 0 Å². The van der Waals surface area contributed by atoms with Crippen LogP contribution in [0.3, 0.4) is 0 Å². The summed E-state index contributed by atoms with van der Waals surface area (Å²) in [6.07, 6.45) is 2.27. The Balaban J connectivity index is 3.02. The van der Waals surface area contributed by atoms with E-state index in [0.29, 0.717) is 12.7 Å². The minimum absolute atomic E-state index is 0.148. The van der Waals surface area contributed by atoms with Crippen molar-refractivity contribution < 1.29 is 23.9 Å². The number of hydrazine groups is 1. The number of carbonyl (C=O) groups is 3. The van der Waals surface area contributed by atoms with Crippen LogP contribution in [0.4, 0.5) is 9.59 Å². The topological polar surface area (TPSA) is 84.9 Å². The highest BCUT2D eigenvalue weighted by molar-refractivity contribution is 5.74. The van der Waals surface area contributed by atoms with Crippen LogP contribution in [0.15, 0.2) is 42.5 Å². The zero-order valence-corrected chi connectivity index (χ0v) is 13.8. The Labute approximate surface area is 141 Å². The number of allylic oxidation sites excluding steroid dienone is 1. The normalized spacial score (nSPS) is 11.6. The molecule has 1 aromatic carbocycles. The van der Waals surface area contributed by atoms with Crippen LogP contribution in [0, 0.1) is 0 Å². The van der Waals surface area contributed by atoms with E-state index in [1.807, 2.05) is 30.3 Å². The second kappa shape index (κ2) is 10.8. The molecule has 0 radical (unpaired) electrons. The smallest absolute Gasteiger partial charge is 0.429 e. The molecular weight excluding hydrogens is 312 g/mol. The molecule has 0 saturated heterocycles. The lowest BCUT2D eigenvalue weighted by atomic mass is 10.1. The quantitative estimate of drug-likeness (QED) is 0.470. The molecule has 0 aliphatic heterocycles. The molecule has 0 bridgehead atoms. The van der Waals surface area contributed by atoms with E-state index in [0.717, 1.165) is 10.6 Å². The largest absolute Gasteiger partial charge is 0.449 e. The van der Waals surface area contributed by atoms with Crippen molar-refractivity contribution in [3.8, 4) is 0 Å². The molecule has 0 aromatic heterocycles. The number of ether oxygens (including phenoxy) is 2. The standard InChI is InChI=1S/C17H22N2O5/c1-3-23-16(21)18-19(17(22)24-4-2)15(11-8-12-20)13-14-9-6-5-7-10-14/h5-12,15H,3-4,13H2,1-2H3,(H,18,21)/b11-8+/t15-/m0/s1. The highest BCUT2D eigenvalue weighted by Crippen LogP contribution is 2.11. The Kier molecular flexibility index (Phi) is 8.67. The molecule has 1 N–H and O–H groups in total. The van der Waals surface area contributed by atoms with E-state index in [9.17, 15) is 14.4 Å². The third-order valence-corrected chi connectivity index (χ3v) is 2.98. The summed E-state index contributed by atoms with van der Waals surface area (Å²) in [5.41, 5.74) is 3.29. The molecular formula is C17H22N2O5. The Morgan fingerprint density at radius 1 is 1.17 bits per heavy atom. The minimum atomic E-state index is -0.775. The van der Waals surface area contributed by atoms with Crippen LogP contribution >= 0.6 is 0 Å². The summed E-state index contributed by atoms with van der Waals surface area (Å²) in [4.78, 5) is 34.6. The summed E-state index contributed by atoms with van der Waals surface area (Å²) in [7, 11) is 0. The number of hydrogen-bond donors (Lipinski definition) is 1. The van der Waals surface area contributed by atoms with Gasteiger partial charge in [-0.1, -0.05) is 36.4 Å². The Morgan fingerprint density at radius 2 is 1.83 bits per heavy atom. The van der Waals surface area contributed by atoms with Gasteiger partial charge in [-0.05, 0) is 31.9 Å². The van der Waals surface area contributed by atoms with E-state index < -0.39 is 18.2 Å². The summed E-state index contributed by atoms with van der Waals surface area (Å²) in [5.74, 6) is 0. The SMILES string of the molecule is CCOC(=O)NN(C(=O)OCC)[C@@H](/C=C/C=O)Cc1ccccc1. The molecule has 0 spiro atoms. The van der Waals surface area contributed by atoms with Crippen molar-refractivity contribution in [2.24, 2.45) is 0 Å². The molecule has 1 atom stereocenters. The van der Waals surface area contributed by atoms with E-state index >= 15 is 0 Å². The molecule has 1 aromatic rings. The number of benzene rings is 1. The van der Waals surface area contributed by atoms with Crippen molar-refractivity contribution in [2.75, 3.05) is 13.2 Å². The van der Waals surface area contributed by atoms with Crippen LogP contribution in [0.25, 0.3) is 0 Å². The van der Waals surface area contributed by atoms with Gasteiger partial charge >= 0.3 is 12.2 Å². The highest BCUT2D eigenvalue weighted by Gasteiger charge is 2.26. The van der Waals surface area contributed by atoms with Crippen LogP contribution in [0.1, 0.15) is 19.4 Å². The lowest BCUT2D eigenvalue weighted by Gasteiger charge is -2.28. The fraction of sp³-hybridized carbons (Fsp3) is 0.353. The lowest BCUT2D eigenvalue weighted by molar-refractivity contribution is -0.104. The van der Waals surface area contributed by atoms with Gasteiger partial charge in [0.05, 0.1) is 19.3 Å². The van der Waals surface area contributed by atoms with Gasteiger partial charge in [0.1, 0.15) is 6.29 Å². The van der Waals surface area contributed by atoms with Crippen molar-refractivity contribution in [3.63, 3.8) is 0 Å². The van der Waals surface area contributed by atoms with Gasteiger partial charge in [-0.25, -0.2) is 20.0 Å². The number of nitrogens with one attached hydrogen (secondary N) is 1. The molecule has 2 amide bonds. The summed E-state index contributed by atoms with van der Waals surface area (Å²) in [6.45, 7) is 3.63. The Hall–Kier alpha value is -2.83. The van der Waals surface area contributed by atoms with E-state index in [4.69, 9.17) is 9.47 Å². The molecule has 0 saturated carbocycles. The third-order valence-electron chi connectivity index (χ3n) is 2.98. The van der Waals surface area contributed by atoms with Crippen molar-refractivity contribution in [1.29, 1.82) is 0 Å². The number of hydrogen-bond acceptors (Lipinski definition) is 5. The second-order valence-corrected chi connectivity index (χ2v) is 4.68. The maximum Gasteiger partial charge on any atom is 0.429 e. The molecule has 7 nitrogen and oxygen atoms in total. The minimum Gasteiger partial charge on any atom is -0.449 e. The van der Waals surface area contributed by atoms with Crippen LogP contribution in [0.5, 0.6) is 0 Å². The fourth-order valence-corrected chi connectivity index (χ4v) is 1.99. The van der Waals surface area contributed by atoms with E-state index in [1.165, 1.54) is 12.2 Å². The molecule has 0 aliphatic carbocycles. The number of nitrogens with zero attached hydrogens (tertiary/aromatic N) is 1. The van der Waals surface area contributed by atoms with E-state index in [-0.39, 0.29) is 13.2 Å². The van der Waals surface area contributed by atoms with E-state index in [2.05, 4.69) is 5.43 Å². The first-order valence-corrected chi connectivity index (χ1v) is 7.67. The van der Waals surface area contributed by atoms with Crippen molar-refractivity contribution in [1.82, 2.24) is 10.4 Å². The van der Waals surface area contributed by atoms with Crippen molar-refractivity contribution >= 4 is 18.5 Å². The predicted molar refractivity (Wildman–Crippen MR) is 88.2 cm³/mol. The van der Waals surface area contributed by atoms with Gasteiger partial charge in [-0.3, -0.25) is 4.79 Å². The first-order chi connectivity index (χ1) is 11.6. The number of rotatable bonds is 7.